The predicted octanol–water partition coefficient (Wildman–Crippen LogP) is 3.15. The number of benzene rings is 1. The number of nitrogens with zero attached hydrogens (tertiary/aromatic N) is 3. The Labute approximate surface area is 190 Å². The van der Waals surface area contributed by atoms with Crippen molar-refractivity contribution in [2.45, 2.75) is 50.4 Å². The van der Waals surface area contributed by atoms with Gasteiger partial charge in [0.2, 0.25) is 0 Å². The Bertz CT molecular complexity index is 1030. The molecule has 4 rings (SSSR count). The fourth-order valence-corrected chi connectivity index (χ4v) is 4.69. The van der Waals surface area contributed by atoms with Crippen LogP contribution in [0, 0.1) is 0 Å². The normalized spacial score (nSPS) is 18.2. The summed E-state index contributed by atoms with van der Waals surface area (Å²) in [6.07, 6.45) is 2.29. The Morgan fingerprint density at radius 3 is 2.59 bits per heavy atom. The van der Waals surface area contributed by atoms with E-state index in [1.807, 2.05) is 12.1 Å². The minimum atomic E-state index is -0.629. The second kappa shape index (κ2) is 9.64. The van der Waals surface area contributed by atoms with Crippen LogP contribution in [0.2, 0.25) is 0 Å². The molecule has 1 aliphatic heterocycles. The summed E-state index contributed by atoms with van der Waals surface area (Å²) < 4.78 is 12.7. The van der Waals surface area contributed by atoms with Crippen LogP contribution in [0.3, 0.4) is 0 Å². The van der Waals surface area contributed by atoms with Crippen molar-refractivity contribution < 1.29 is 19.1 Å². The zero-order valence-electron chi connectivity index (χ0n) is 18.4. The largest absolute Gasteiger partial charge is 0.497 e. The van der Waals surface area contributed by atoms with E-state index in [0.717, 1.165) is 35.9 Å². The second-order valence-electron chi connectivity index (χ2n) is 7.57. The maximum atomic E-state index is 12.9. The minimum Gasteiger partial charge on any atom is -0.497 e. The van der Waals surface area contributed by atoms with Gasteiger partial charge in [-0.2, -0.15) is 0 Å². The molecular formula is C22H27N5O4S. The molecule has 2 aromatic rings. The van der Waals surface area contributed by atoms with Crippen molar-refractivity contribution in [1.82, 2.24) is 25.4 Å². The molecule has 1 unspecified atom stereocenters. The van der Waals surface area contributed by atoms with Gasteiger partial charge in [-0.3, -0.25) is 0 Å². The van der Waals surface area contributed by atoms with E-state index in [4.69, 9.17) is 9.47 Å². The van der Waals surface area contributed by atoms with E-state index in [1.165, 1.54) is 11.8 Å². The molecule has 0 radical (unpaired) electrons. The first-order valence-corrected chi connectivity index (χ1v) is 11.7. The van der Waals surface area contributed by atoms with E-state index in [2.05, 4.69) is 32.3 Å². The zero-order valence-corrected chi connectivity index (χ0v) is 19.2. The van der Waals surface area contributed by atoms with E-state index in [9.17, 15) is 9.59 Å². The molecule has 170 valence electrons. The van der Waals surface area contributed by atoms with Crippen molar-refractivity contribution in [3.63, 3.8) is 0 Å². The molecule has 0 saturated heterocycles. The number of carbonyl (C=O) groups is 2. The van der Waals surface area contributed by atoms with Gasteiger partial charge in [-0.05, 0) is 44.4 Å². The fourth-order valence-electron chi connectivity index (χ4n) is 3.71. The van der Waals surface area contributed by atoms with Crippen molar-refractivity contribution >= 4 is 23.8 Å². The molecule has 1 aromatic heterocycles. The SMILES string of the molecule is CCOC(=O)C1=C(CSc2nnc(C3CC3)n2CC)NC(=O)NC1c1ccc(OC)cc1. The number of esters is 1. The van der Waals surface area contributed by atoms with Gasteiger partial charge in [0.25, 0.3) is 0 Å². The molecule has 2 N–H and O–H groups in total. The van der Waals surface area contributed by atoms with Crippen LogP contribution in [0.1, 0.15) is 50.0 Å². The summed E-state index contributed by atoms with van der Waals surface area (Å²) in [6.45, 7) is 4.83. The van der Waals surface area contributed by atoms with Gasteiger partial charge < -0.3 is 24.7 Å². The molecule has 1 saturated carbocycles. The molecule has 1 atom stereocenters. The summed E-state index contributed by atoms with van der Waals surface area (Å²) in [5.41, 5.74) is 1.66. The van der Waals surface area contributed by atoms with Crippen LogP contribution < -0.4 is 15.4 Å². The van der Waals surface area contributed by atoms with Gasteiger partial charge in [-0.15, -0.1) is 10.2 Å². The average molecular weight is 458 g/mol. The maximum Gasteiger partial charge on any atom is 0.338 e. The van der Waals surface area contributed by atoms with Gasteiger partial charge >= 0.3 is 12.0 Å². The quantitative estimate of drug-likeness (QED) is 0.440. The number of methoxy groups -OCH3 is 1. The zero-order chi connectivity index (χ0) is 22.7. The molecule has 1 aliphatic carbocycles. The monoisotopic (exact) mass is 457 g/mol. The highest BCUT2D eigenvalue weighted by atomic mass is 32.2. The molecule has 9 nitrogen and oxygen atoms in total. The fraction of sp³-hybridized carbons (Fsp3) is 0.455. The highest BCUT2D eigenvalue weighted by molar-refractivity contribution is 7.99. The summed E-state index contributed by atoms with van der Waals surface area (Å²) in [5.74, 6) is 2.09. The number of carbonyl (C=O) groups excluding carboxylic acids is 2. The molecule has 2 heterocycles. The third-order valence-electron chi connectivity index (χ3n) is 5.45. The molecular weight excluding hydrogens is 430 g/mol. The van der Waals surface area contributed by atoms with Gasteiger partial charge in [-0.1, -0.05) is 23.9 Å². The maximum absolute atomic E-state index is 12.9. The van der Waals surface area contributed by atoms with Crippen molar-refractivity contribution in [3.05, 3.63) is 46.9 Å². The van der Waals surface area contributed by atoms with Crippen molar-refractivity contribution in [3.8, 4) is 5.75 Å². The number of ether oxygens (including phenoxy) is 2. The lowest BCUT2D eigenvalue weighted by molar-refractivity contribution is -0.139. The molecule has 10 heteroatoms. The Kier molecular flexibility index (Phi) is 6.69. The van der Waals surface area contributed by atoms with Gasteiger partial charge in [0, 0.05) is 23.9 Å². The summed E-state index contributed by atoms with van der Waals surface area (Å²) in [5, 5.41) is 15.1. The van der Waals surface area contributed by atoms with E-state index in [0.29, 0.717) is 28.7 Å². The van der Waals surface area contributed by atoms with Gasteiger partial charge in [0.15, 0.2) is 5.16 Å². The number of urea groups is 1. The van der Waals surface area contributed by atoms with Crippen LogP contribution >= 0.6 is 11.8 Å². The van der Waals surface area contributed by atoms with Crippen LogP contribution in [0.4, 0.5) is 4.79 Å². The molecule has 0 bridgehead atoms. The van der Waals surface area contributed by atoms with E-state index in [1.54, 1.807) is 26.2 Å². The number of nitrogens with one attached hydrogen (secondary N) is 2. The minimum absolute atomic E-state index is 0.237. The number of thioether (sulfide) groups is 1. The molecule has 1 fully saturated rings. The lowest BCUT2D eigenvalue weighted by Crippen LogP contribution is -2.46. The van der Waals surface area contributed by atoms with Crippen molar-refractivity contribution in [2.75, 3.05) is 19.5 Å². The number of hydrogen-bond donors (Lipinski definition) is 2. The van der Waals surface area contributed by atoms with Crippen LogP contribution in [0.15, 0.2) is 40.7 Å². The van der Waals surface area contributed by atoms with Crippen LogP contribution in [-0.2, 0) is 16.1 Å². The Morgan fingerprint density at radius 1 is 1.22 bits per heavy atom. The van der Waals surface area contributed by atoms with Gasteiger partial charge in [0.1, 0.15) is 11.6 Å². The van der Waals surface area contributed by atoms with Crippen LogP contribution in [-0.4, -0.2) is 46.2 Å². The lowest BCUT2D eigenvalue weighted by atomic mass is 9.95. The highest BCUT2D eigenvalue weighted by Gasteiger charge is 2.34. The molecule has 1 aromatic carbocycles. The highest BCUT2D eigenvalue weighted by Crippen LogP contribution is 2.40. The summed E-state index contributed by atoms with van der Waals surface area (Å²) in [4.78, 5) is 25.4. The first-order valence-electron chi connectivity index (χ1n) is 10.7. The van der Waals surface area contributed by atoms with E-state index in [-0.39, 0.29) is 12.6 Å². The molecule has 32 heavy (non-hydrogen) atoms. The van der Waals surface area contributed by atoms with Crippen LogP contribution in [0.5, 0.6) is 5.75 Å². The molecule has 2 aliphatic rings. The smallest absolute Gasteiger partial charge is 0.338 e. The average Bonchev–Trinajstić information content (AvgIpc) is 3.56. The third-order valence-corrected chi connectivity index (χ3v) is 6.44. The summed E-state index contributed by atoms with van der Waals surface area (Å²) >= 11 is 1.45. The van der Waals surface area contributed by atoms with Crippen molar-refractivity contribution in [1.29, 1.82) is 0 Å². The summed E-state index contributed by atoms with van der Waals surface area (Å²) in [7, 11) is 1.59. The Morgan fingerprint density at radius 2 is 1.97 bits per heavy atom. The summed E-state index contributed by atoms with van der Waals surface area (Å²) in [6, 6.07) is 6.25. The topological polar surface area (TPSA) is 107 Å². The first-order chi connectivity index (χ1) is 15.5. The van der Waals surface area contributed by atoms with Crippen LogP contribution in [0.25, 0.3) is 0 Å². The number of aromatic nitrogens is 3. The molecule has 0 spiro atoms. The third kappa shape index (κ3) is 4.59. The molecule has 2 amide bonds. The van der Waals surface area contributed by atoms with Gasteiger partial charge in [-0.25, -0.2) is 9.59 Å². The van der Waals surface area contributed by atoms with Crippen molar-refractivity contribution in [2.24, 2.45) is 0 Å². The van der Waals surface area contributed by atoms with E-state index < -0.39 is 12.0 Å². The lowest BCUT2D eigenvalue weighted by Gasteiger charge is -2.29. The predicted molar refractivity (Wildman–Crippen MR) is 119 cm³/mol. The van der Waals surface area contributed by atoms with E-state index >= 15 is 0 Å². The number of hydrogen-bond acceptors (Lipinski definition) is 7. The number of rotatable bonds is 9. The standard InChI is InChI=1S/C22H27N5O4S/c1-4-27-19(14-6-7-14)25-26-22(27)32-12-16-17(20(28)31-5-2)18(24-21(29)23-16)13-8-10-15(30-3)11-9-13/h8-11,14,18H,4-7,12H2,1-3H3,(H2,23,24,29). The second-order valence-corrected chi connectivity index (χ2v) is 8.51. The Balaban J connectivity index is 1.65. The Hall–Kier alpha value is -3.01. The number of amides is 2. The van der Waals surface area contributed by atoms with Gasteiger partial charge in [0.05, 0.1) is 25.3 Å². The first kappa shape index (κ1) is 22.2.